The highest BCUT2D eigenvalue weighted by molar-refractivity contribution is 5.88. The van der Waals surface area contributed by atoms with Gasteiger partial charge in [0.1, 0.15) is 11.5 Å². The Morgan fingerprint density at radius 2 is 2.05 bits per heavy atom. The molecule has 3 aliphatic heterocycles. The van der Waals surface area contributed by atoms with Crippen molar-refractivity contribution in [3.8, 4) is 11.5 Å². The fraction of sp³-hybridized carbons (Fsp3) is 0.588. The molecule has 0 aliphatic carbocycles. The summed E-state index contributed by atoms with van der Waals surface area (Å²) in [7, 11) is 0. The Balaban J connectivity index is 1.82. The van der Waals surface area contributed by atoms with Crippen LogP contribution in [0.5, 0.6) is 11.5 Å². The average molecular weight is 302 g/mol. The summed E-state index contributed by atoms with van der Waals surface area (Å²) in [5.41, 5.74) is 0.0511. The molecule has 2 atom stereocenters. The van der Waals surface area contributed by atoms with E-state index >= 15 is 0 Å². The molecular formula is C17H22N2O3. The van der Waals surface area contributed by atoms with E-state index in [1.807, 2.05) is 0 Å². The maximum atomic E-state index is 12.9. The van der Waals surface area contributed by atoms with Crippen LogP contribution in [-0.4, -0.2) is 41.3 Å². The molecule has 0 unspecified atom stereocenters. The number of likely N-dealkylation sites (tertiary alicyclic amines) is 1. The van der Waals surface area contributed by atoms with E-state index in [4.69, 9.17) is 4.74 Å². The maximum absolute atomic E-state index is 12.9. The number of hydrogen-bond donors (Lipinski definition) is 2. The maximum Gasteiger partial charge on any atom is 0.280 e. The molecule has 1 aromatic carbocycles. The topological polar surface area (TPSA) is 61.8 Å². The molecule has 0 saturated carbocycles. The Morgan fingerprint density at radius 3 is 2.86 bits per heavy atom. The second-order valence-corrected chi connectivity index (χ2v) is 6.52. The molecule has 3 aliphatic rings. The predicted molar refractivity (Wildman–Crippen MR) is 81.9 cm³/mol. The molecule has 1 aromatic rings. The van der Waals surface area contributed by atoms with Gasteiger partial charge in [-0.3, -0.25) is 9.69 Å². The zero-order chi connectivity index (χ0) is 15.2. The molecule has 1 amide bonds. The van der Waals surface area contributed by atoms with Gasteiger partial charge in [-0.15, -0.1) is 0 Å². The van der Waals surface area contributed by atoms with Crippen molar-refractivity contribution in [2.24, 2.45) is 0 Å². The average Bonchev–Trinajstić information content (AvgIpc) is 2.77. The molecule has 0 bridgehead atoms. The summed E-state index contributed by atoms with van der Waals surface area (Å²) in [6.07, 6.45) is 5.25. The van der Waals surface area contributed by atoms with E-state index in [9.17, 15) is 9.90 Å². The summed E-state index contributed by atoms with van der Waals surface area (Å²) in [6, 6.07) is 5.19. The van der Waals surface area contributed by atoms with E-state index in [0.717, 1.165) is 50.1 Å². The van der Waals surface area contributed by atoms with Crippen molar-refractivity contribution < 1.29 is 14.6 Å². The van der Waals surface area contributed by atoms with Crippen molar-refractivity contribution in [3.63, 3.8) is 0 Å². The summed E-state index contributed by atoms with van der Waals surface area (Å²) in [5.74, 6) is 0.953. The minimum Gasteiger partial charge on any atom is -0.508 e. The number of hydrogen-bond acceptors (Lipinski definition) is 4. The summed E-state index contributed by atoms with van der Waals surface area (Å²) >= 11 is 0. The van der Waals surface area contributed by atoms with E-state index in [1.165, 1.54) is 6.42 Å². The number of rotatable bonds is 1. The Bertz CT molecular complexity index is 598. The highest BCUT2D eigenvalue weighted by Gasteiger charge is 2.58. The number of aromatic hydroxyl groups is 1. The fourth-order valence-electron chi connectivity index (χ4n) is 4.20. The zero-order valence-corrected chi connectivity index (χ0v) is 12.7. The Morgan fingerprint density at radius 1 is 1.23 bits per heavy atom. The van der Waals surface area contributed by atoms with Gasteiger partial charge in [0.25, 0.3) is 5.91 Å². The third-order valence-electron chi connectivity index (χ3n) is 5.21. The number of carbonyl (C=O) groups excluding carboxylic acids is 1. The summed E-state index contributed by atoms with van der Waals surface area (Å²) in [5, 5.41) is 12.9. The number of fused-ring (bicyclic) bond motifs is 3. The quantitative estimate of drug-likeness (QED) is 0.832. The number of nitrogens with zero attached hydrogens (tertiary/aromatic N) is 1. The molecule has 0 aromatic heterocycles. The smallest absolute Gasteiger partial charge is 0.280 e. The molecule has 0 spiro atoms. The van der Waals surface area contributed by atoms with Gasteiger partial charge in [0.2, 0.25) is 5.72 Å². The molecule has 2 fully saturated rings. The molecule has 5 nitrogen and oxygen atoms in total. The van der Waals surface area contributed by atoms with E-state index in [2.05, 4.69) is 10.2 Å². The Labute approximate surface area is 130 Å². The third-order valence-corrected chi connectivity index (χ3v) is 5.21. The van der Waals surface area contributed by atoms with Crippen LogP contribution in [0.2, 0.25) is 0 Å². The van der Waals surface area contributed by atoms with Crippen molar-refractivity contribution in [1.82, 2.24) is 10.2 Å². The van der Waals surface area contributed by atoms with Gasteiger partial charge in [-0.05, 0) is 43.9 Å². The SMILES string of the molecule is O=C1NCCC[C@H]2c3cc(O)ccc3O[C@@]12N1CCCCC1. The van der Waals surface area contributed by atoms with Gasteiger partial charge in [-0.25, -0.2) is 0 Å². The van der Waals surface area contributed by atoms with Gasteiger partial charge >= 0.3 is 0 Å². The number of amides is 1. The molecule has 2 saturated heterocycles. The van der Waals surface area contributed by atoms with E-state index < -0.39 is 5.72 Å². The molecule has 0 radical (unpaired) electrons. The first-order valence-electron chi connectivity index (χ1n) is 8.27. The normalized spacial score (nSPS) is 31.6. The van der Waals surface area contributed by atoms with Gasteiger partial charge in [-0.2, -0.15) is 0 Å². The van der Waals surface area contributed by atoms with E-state index in [0.29, 0.717) is 6.54 Å². The molecule has 4 rings (SSSR count). The first-order valence-corrected chi connectivity index (χ1v) is 8.27. The van der Waals surface area contributed by atoms with Gasteiger partial charge in [0.05, 0.1) is 5.92 Å². The lowest BCUT2D eigenvalue weighted by Crippen LogP contribution is -2.64. The van der Waals surface area contributed by atoms with Crippen LogP contribution in [-0.2, 0) is 4.79 Å². The number of ether oxygens (including phenoxy) is 1. The monoisotopic (exact) mass is 302 g/mol. The first kappa shape index (κ1) is 13.9. The highest BCUT2D eigenvalue weighted by Crippen LogP contribution is 2.51. The lowest BCUT2D eigenvalue weighted by Gasteiger charge is -2.43. The summed E-state index contributed by atoms with van der Waals surface area (Å²) in [4.78, 5) is 15.2. The van der Waals surface area contributed by atoms with E-state index in [1.54, 1.807) is 18.2 Å². The van der Waals surface area contributed by atoms with Gasteiger partial charge in [0, 0.05) is 25.2 Å². The molecule has 3 heterocycles. The van der Waals surface area contributed by atoms with Crippen LogP contribution in [0.25, 0.3) is 0 Å². The van der Waals surface area contributed by atoms with Crippen molar-refractivity contribution in [1.29, 1.82) is 0 Å². The number of phenols is 1. The number of carbonyl (C=O) groups is 1. The molecule has 118 valence electrons. The van der Waals surface area contributed by atoms with Crippen LogP contribution in [0.15, 0.2) is 18.2 Å². The Kier molecular flexibility index (Phi) is 3.26. The lowest BCUT2D eigenvalue weighted by molar-refractivity contribution is -0.159. The standard InChI is InChI=1S/C17H22N2O3/c20-12-6-7-15-13(11-12)14-5-4-8-18-16(21)17(14,22-15)19-9-2-1-3-10-19/h6-7,11,14,20H,1-5,8-10H2,(H,18,21)/t14-,17+/m0/s1. The van der Waals surface area contributed by atoms with Crippen LogP contribution in [0.4, 0.5) is 0 Å². The van der Waals surface area contributed by atoms with Crippen molar-refractivity contribution in [2.45, 2.75) is 43.7 Å². The van der Waals surface area contributed by atoms with Crippen LogP contribution >= 0.6 is 0 Å². The van der Waals surface area contributed by atoms with Crippen LogP contribution in [0.1, 0.15) is 43.6 Å². The number of piperidine rings is 1. The zero-order valence-electron chi connectivity index (χ0n) is 12.7. The number of phenolic OH excluding ortho intramolecular Hbond substituents is 1. The van der Waals surface area contributed by atoms with Gasteiger partial charge in [-0.1, -0.05) is 6.42 Å². The molecular weight excluding hydrogens is 280 g/mol. The lowest BCUT2D eigenvalue weighted by atomic mass is 9.85. The molecule has 22 heavy (non-hydrogen) atoms. The number of benzene rings is 1. The predicted octanol–water partition coefficient (Wildman–Crippen LogP) is 1.96. The van der Waals surface area contributed by atoms with Crippen LogP contribution in [0.3, 0.4) is 0 Å². The molecule has 5 heteroatoms. The molecule has 2 N–H and O–H groups in total. The van der Waals surface area contributed by atoms with Crippen LogP contribution < -0.4 is 10.1 Å². The minimum absolute atomic E-state index is 0.00444. The fourth-order valence-corrected chi connectivity index (χ4v) is 4.20. The highest BCUT2D eigenvalue weighted by atomic mass is 16.5. The van der Waals surface area contributed by atoms with Crippen molar-refractivity contribution >= 4 is 5.91 Å². The summed E-state index contributed by atoms with van der Waals surface area (Å²) < 4.78 is 6.29. The Hall–Kier alpha value is -1.75. The van der Waals surface area contributed by atoms with Crippen molar-refractivity contribution in [3.05, 3.63) is 23.8 Å². The second kappa shape index (κ2) is 5.16. The summed E-state index contributed by atoms with van der Waals surface area (Å²) in [6.45, 7) is 2.48. The van der Waals surface area contributed by atoms with E-state index in [-0.39, 0.29) is 17.6 Å². The van der Waals surface area contributed by atoms with Gasteiger partial charge in [0.15, 0.2) is 0 Å². The van der Waals surface area contributed by atoms with Gasteiger partial charge < -0.3 is 15.2 Å². The van der Waals surface area contributed by atoms with Crippen LogP contribution in [0, 0.1) is 0 Å². The van der Waals surface area contributed by atoms with Crippen molar-refractivity contribution in [2.75, 3.05) is 19.6 Å². The second-order valence-electron chi connectivity index (χ2n) is 6.52. The first-order chi connectivity index (χ1) is 10.7. The number of nitrogens with one attached hydrogen (secondary N) is 1. The largest absolute Gasteiger partial charge is 0.508 e. The third kappa shape index (κ3) is 1.92. The minimum atomic E-state index is -0.924.